The van der Waals surface area contributed by atoms with Crippen molar-refractivity contribution in [2.45, 2.75) is 116 Å². The average Bonchev–Trinajstić information content (AvgIpc) is 2.55. The smallest absolute Gasteiger partial charge is 0.0678 e. The number of unbranched alkanes of at least 4 members (excludes halogenated alkanes) is 1. The summed E-state index contributed by atoms with van der Waals surface area (Å²) in [5.41, 5.74) is 0. The highest BCUT2D eigenvalue weighted by Gasteiger charge is 2.21. The van der Waals surface area contributed by atoms with E-state index in [1.807, 2.05) is 0 Å². The fourth-order valence-corrected chi connectivity index (χ4v) is 4.45. The second-order valence-electron chi connectivity index (χ2n) is 8.48. The van der Waals surface area contributed by atoms with Crippen LogP contribution in [0.25, 0.3) is 0 Å². The molecule has 3 nitrogen and oxygen atoms in total. The Balaban J connectivity index is 1.55. The van der Waals surface area contributed by atoms with E-state index < -0.39 is 0 Å². The topological polar surface area (TPSA) is 21.7 Å². The summed E-state index contributed by atoms with van der Waals surface area (Å²) in [6.07, 6.45) is 19.1. The molecule has 25 heavy (non-hydrogen) atoms. The van der Waals surface area contributed by atoms with Crippen LogP contribution < -0.4 is 0 Å². The Morgan fingerprint density at radius 3 is 1.84 bits per heavy atom. The minimum atomic E-state index is 0.385. The van der Waals surface area contributed by atoms with Gasteiger partial charge in [-0.05, 0) is 46.1 Å². The highest BCUT2D eigenvalue weighted by atomic mass is 16.5. The predicted octanol–water partition coefficient (Wildman–Crippen LogP) is 5.57. The van der Waals surface area contributed by atoms with Gasteiger partial charge in [0.15, 0.2) is 0 Å². The normalized spacial score (nSPS) is 29.0. The van der Waals surface area contributed by atoms with Crippen LogP contribution in [0.4, 0.5) is 0 Å². The van der Waals surface area contributed by atoms with Crippen molar-refractivity contribution in [1.82, 2.24) is 4.90 Å². The maximum Gasteiger partial charge on any atom is 0.0678 e. The van der Waals surface area contributed by atoms with Crippen molar-refractivity contribution in [1.29, 1.82) is 0 Å². The van der Waals surface area contributed by atoms with Crippen molar-refractivity contribution in [3.8, 4) is 0 Å². The quantitative estimate of drug-likeness (QED) is 0.583. The molecule has 2 atom stereocenters. The number of rotatable bonds is 6. The van der Waals surface area contributed by atoms with E-state index in [2.05, 4.69) is 18.7 Å². The summed E-state index contributed by atoms with van der Waals surface area (Å²) >= 11 is 0. The first-order chi connectivity index (χ1) is 12.2. The molecule has 1 saturated carbocycles. The molecule has 0 aromatic carbocycles. The van der Waals surface area contributed by atoms with E-state index in [0.717, 1.165) is 19.7 Å². The third kappa shape index (κ3) is 9.96. The van der Waals surface area contributed by atoms with Gasteiger partial charge in [-0.15, -0.1) is 0 Å². The maximum atomic E-state index is 6.28. The lowest BCUT2D eigenvalue weighted by atomic mass is 9.99. The molecule has 1 aliphatic carbocycles. The first kappa shape index (κ1) is 21.2. The van der Waals surface area contributed by atoms with Gasteiger partial charge in [0.1, 0.15) is 0 Å². The lowest BCUT2D eigenvalue weighted by Crippen LogP contribution is -2.45. The molecule has 0 spiro atoms. The Labute approximate surface area is 156 Å². The highest BCUT2D eigenvalue weighted by Crippen LogP contribution is 2.19. The van der Waals surface area contributed by atoms with E-state index in [9.17, 15) is 0 Å². The molecule has 0 aromatic rings. The van der Waals surface area contributed by atoms with Crippen molar-refractivity contribution in [3.05, 3.63) is 0 Å². The monoisotopic (exact) mass is 353 g/mol. The predicted molar refractivity (Wildman–Crippen MR) is 106 cm³/mol. The molecule has 2 fully saturated rings. The standard InChI is InChI=1S/C22H43NO2/c1-20-18-23(19-21(2)25-20)16-12-13-17-24-22-14-10-8-6-4-3-5-7-9-11-15-22/h20-22H,3-19H2,1-2H3/t20-,21+. The van der Waals surface area contributed by atoms with Gasteiger partial charge in [0, 0.05) is 19.7 Å². The van der Waals surface area contributed by atoms with Crippen LogP contribution in [0, 0.1) is 0 Å². The van der Waals surface area contributed by atoms with Crippen LogP contribution in [0.15, 0.2) is 0 Å². The summed E-state index contributed by atoms with van der Waals surface area (Å²) in [4.78, 5) is 2.56. The summed E-state index contributed by atoms with van der Waals surface area (Å²) in [6, 6.07) is 0. The van der Waals surface area contributed by atoms with Gasteiger partial charge in [0.25, 0.3) is 0 Å². The van der Waals surface area contributed by atoms with E-state index in [1.165, 1.54) is 90.0 Å². The molecule has 0 amide bonds. The van der Waals surface area contributed by atoms with Crippen molar-refractivity contribution >= 4 is 0 Å². The summed E-state index contributed by atoms with van der Waals surface area (Å²) in [7, 11) is 0. The van der Waals surface area contributed by atoms with Gasteiger partial charge >= 0.3 is 0 Å². The largest absolute Gasteiger partial charge is 0.378 e. The van der Waals surface area contributed by atoms with Crippen LogP contribution in [-0.4, -0.2) is 49.5 Å². The molecule has 0 aromatic heterocycles. The van der Waals surface area contributed by atoms with Gasteiger partial charge < -0.3 is 9.47 Å². The number of morpholine rings is 1. The zero-order valence-electron chi connectivity index (χ0n) is 17.0. The molecule has 2 rings (SSSR count). The van der Waals surface area contributed by atoms with Gasteiger partial charge in [-0.1, -0.05) is 57.8 Å². The SMILES string of the molecule is C[C@@H]1CN(CCCCOC2CCCCCCCCCCC2)C[C@H](C)O1. The third-order valence-corrected chi connectivity index (χ3v) is 5.77. The maximum absolute atomic E-state index is 6.28. The molecule has 0 bridgehead atoms. The lowest BCUT2D eigenvalue weighted by Gasteiger charge is -2.35. The summed E-state index contributed by atoms with van der Waals surface area (Å²) < 4.78 is 12.1. The summed E-state index contributed by atoms with van der Waals surface area (Å²) in [5, 5.41) is 0. The lowest BCUT2D eigenvalue weighted by molar-refractivity contribution is -0.0686. The van der Waals surface area contributed by atoms with Crippen LogP contribution in [0.3, 0.4) is 0 Å². The molecular formula is C22H43NO2. The van der Waals surface area contributed by atoms with Crippen LogP contribution >= 0.6 is 0 Å². The van der Waals surface area contributed by atoms with Crippen LogP contribution in [-0.2, 0) is 9.47 Å². The molecule has 2 aliphatic rings. The summed E-state index contributed by atoms with van der Waals surface area (Å²) in [6.45, 7) is 8.72. The second kappa shape index (κ2) is 13.1. The fourth-order valence-electron chi connectivity index (χ4n) is 4.45. The highest BCUT2D eigenvalue weighted by molar-refractivity contribution is 4.72. The van der Waals surface area contributed by atoms with Crippen molar-refractivity contribution in [2.24, 2.45) is 0 Å². The van der Waals surface area contributed by atoms with Gasteiger partial charge in [0.05, 0.1) is 18.3 Å². The first-order valence-corrected chi connectivity index (χ1v) is 11.2. The Bertz CT molecular complexity index is 301. The molecule has 1 heterocycles. The van der Waals surface area contributed by atoms with Crippen molar-refractivity contribution < 1.29 is 9.47 Å². The molecule has 0 unspecified atom stereocenters. The number of ether oxygens (including phenoxy) is 2. The van der Waals surface area contributed by atoms with E-state index in [-0.39, 0.29) is 0 Å². The zero-order chi connectivity index (χ0) is 17.7. The minimum Gasteiger partial charge on any atom is -0.378 e. The van der Waals surface area contributed by atoms with E-state index in [1.54, 1.807) is 0 Å². The minimum absolute atomic E-state index is 0.385. The molecule has 1 aliphatic heterocycles. The number of hydrogen-bond acceptors (Lipinski definition) is 3. The molecular weight excluding hydrogens is 310 g/mol. The summed E-state index contributed by atoms with van der Waals surface area (Å²) in [5.74, 6) is 0. The van der Waals surface area contributed by atoms with Crippen LogP contribution in [0.1, 0.15) is 97.3 Å². The Kier molecular flexibility index (Phi) is 11.1. The van der Waals surface area contributed by atoms with Crippen molar-refractivity contribution in [2.75, 3.05) is 26.2 Å². The Hall–Kier alpha value is -0.120. The molecule has 0 radical (unpaired) electrons. The zero-order valence-corrected chi connectivity index (χ0v) is 17.0. The van der Waals surface area contributed by atoms with E-state index >= 15 is 0 Å². The van der Waals surface area contributed by atoms with Crippen molar-refractivity contribution in [3.63, 3.8) is 0 Å². The third-order valence-electron chi connectivity index (χ3n) is 5.77. The molecule has 1 saturated heterocycles. The molecule has 148 valence electrons. The molecule has 3 heteroatoms. The van der Waals surface area contributed by atoms with Gasteiger partial charge in [-0.25, -0.2) is 0 Å². The molecule has 0 N–H and O–H groups in total. The Morgan fingerprint density at radius 2 is 1.28 bits per heavy atom. The second-order valence-corrected chi connectivity index (χ2v) is 8.48. The van der Waals surface area contributed by atoms with E-state index in [0.29, 0.717) is 18.3 Å². The van der Waals surface area contributed by atoms with Gasteiger partial charge in [0.2, 0.25) is 0 Å². The number of hydrogen-bond donors (Lipinski definition) is 0. The van der Waals surface area contributed by atoms with E-state index in [4.69, 9.17) is 9.47 Å². The average molecular weight is 354 g/mol. The van der Waals surface area contributed by atoms with Crippen LogP contribution in [0.5, 0.6) is 0 Å². The first-order valence-electron chi connectivity index (χ1n) is 11.2. The van der Waals surface area contributed by atoms with Gasteiger partial charge in [-0.3, -0.25) is 4.90 Å². The number of nitrogens with zero attached hydrogens (tertiary/aromatic N) is 1. The Morgan fingerprint density at radius 1 is 0.760 bits per heavy atom. The van der Waals surface area contributed by atoms with Gasteiger partial charge in [-0.2, -0.15) is 0 Å². The fraction of sp³-hybridized carbons (Fsp3) is 1.00. The van der Waals surface area contributed by atoms with Crippen LogP contribution in [0.2, 0.25) is 0 Å².